The molecule has 0 unspecified atom stereocenters. The Labute approximate surface area is 151 Å². The summed E-state index contributed by atoms with van der Waals surface area (Å²) >= 11 is 3.45. The Kier molecular flexibility index (Phi) is 5.55. The van der Waals surface area contributed by atoms with Gasteiger partial charge >= 0.3 is 0 Å². The molecule has 0 aliphatic heterocycles. The van der Waals surface area contributed by atoms with Crippen molar-refractivity contribution in [3.8, 4) is 5.75 Å². The highest BCUT2D eigenvalue weighted by Crippen LogP contribution is 2.22. The van der Waals surface area contributed by atoms with Crippen molar-refractivity contribution in [3.63, 3.8) is 0 Å². The highest BCUT2D eigenvalue weighted by Gasteiger charge is 2.04. The van der Waals surface area contributed by atoms with Crippen molar-refractivity contribution in [2.75, 3.05) is 5.32 Å². The molecule has 0 heterocycles. The van der Waals surface area contributed by atoms with Gasteiger partial charge in [0.15, 0.2) is 0 Å². The molecule has 2 nitrogen and oxygen atoms in total. The lowest BCUT2D eigenvalue weighted by Crippen LogP contribution is -2.03. The van der Waals surface area contributed by atoms with Crippen molar-refractivity contribution in [3.05, 3.63) is 94.0 Å². The Hall–Kier alpha value is -2.26. The molecule has 3 heteroatoms. The minimum absolute atomic E-state index is 0.580. The summed E-state index contributed by atoms with van der Waals surface area (Å²) in [6.45, 7) is 3.40. The third-order valence-corrected chi connectivity index (χ3v) is 4.31. The Morgan fingerprint density at radius 1 is 0.917 bits per heavy atom. The maximum absolute atomic E-state index is 6.04. The molecule has 122 valence electrons. The summed E-state index contributed by atoms with van der Waals surface area (Å²) in [6.07, 6.45) is 0. The van der Waals surface area contributed by atoms with Gasteiger partial charge in [-0.15, -0.1) is 0 Å². The number of aryl methyl sites for hydroxylation is 1. The fourth-order valence-electron chi connectivity index (χ4n) is 2.52. The van der Waals surface area contributed by atoms with E-state index in [4.69, 9.17) is 4.74 Å². The van der Waals surface area contributed by atoms with E-state index in [-0.39, 0.29) is 0 Å². The van der Waals surface area contributed by atoms with Crippen LogP contribution in [0.3, 0.4) is 0 Å². The van der Waals surface area contributed by atoms with Crippen molar-refractivity contribution in [1.29, 1.82) is 0 Å². The van der Waals surface area contributed by atoms with Crippen molar-refractivity contribution < 1.29 is 4.74 Å². The maximum Gasteiger partial charge on any atom is 0.124 e. The van der Waals surface area contributed by atoms with Gasteiger partial charge in [-0.25, -0.2) is 0 Å². The molecule has 0 spiro atoms. The van der Waals surface area contributed by atoms with Crippen molar-refractivity contribution >= 4 is 21.6 Å². The molecule has 0 radical (unpaired) electrons. The van der Waals surface area contributed by atoms with Gasteiger partial charge < -0.3 is 10.1 Å². The monoisotopic (exact) mass is 381 g/mol. The average molecular weight is 382 g/mol. The molecular weight excluding hydrogens is 362 g/mol. The molecule has 0 saturated carbocycles. The van der Waals surface area contributed by atoms with E-state index in [9.17, 15) is 0 Å². The zero-order valence-electron chi connectivity index (χ0n) is 13.6. The number of hydrogen-bond acceptors (Lipinski definition) is 2. The first-order chi connectivity index (χ1) is 11.7. The smallest absolute Gasteiger partial charge is 0.124 e. The van der Waals surface area contributed by atoms with Crippen LogP contribution in [0.15, 0.2) is 77.3 Å². The Bertz CT molecular complexity index is 799. The third kappa shape index (κ3) is 4.62. The maximum atomic E-state index is 6.04. The summed E-state index contributed by atoms with van der Waals surface area (Å²) in [5.74, 6) is 0.920. The molecule has 0 fully saturated rings. The fourth-order valence-corrected chi connectivity index (χ4v) is 2.78. The van der Waals surface area contributed by atoms with Gasteiger partial charge in [0.25, 0.3) is 0 Å². The van der Waals surface area contributed by atoms with Gasteiger partial charge in [0.1, 0.15) is 12.4 Å². The number of anilines is 1. The second-order valence-electron chi connectivity index (χ2n) is 5.75. The molecule has 3 rings (SSSR count). The molecule has 0 saturated heterocycles. The number of nitrogens with one attached hydrogen (secondary N) is 1. The molecule has 3 aromatic rings. The second-order valence-corrected chi connectivity index (χ2v) is 6.66. The Balaban J connectivity index is 1.65. The van der Waals surface area contributed by atoms with Crippen LogP contribution in [0.2, 0.25) is 0 Å². The molecular formula is C21H20BrNO. The van der Waals surface area contributed by atoms with Crippen LogP contribution in [-0.2, 0) is 13.2 Å². The molecule has 1 N–H and O–H groups in total. The Morgan fingerprint density at radius 3 is 2.50 bits per heavy atom. The van der Waals surface area contributed by atoms with Gasteiger partial charge in [-0.2, -0.15) is 0 Å². The first kappa shape index (κ1) is 16.6. The lowest BCUT2D eigenvalue weighted by Gasteiger charge is -2.13. The van der Waals surface area contributed by atoms with E-state index in [0.29, 0.717) is 6.61 Å². The normalized spacial score (nSPS) is 10.4. The fraction of sp³-hybridized carbons (Fsp3) is 0.143. The van der Waals surface area contributed by atoms with Crippen LogP contribution in [0.1, 0.15) is 16.7 Å². The minimum Gasteiger partial charge on any atom is -0.489 e. The highest BCUT2D eigenvalue weighted by atomic mass is 79.9. The topological polar surface area (TPSA) is 21.3 Å². The highest BCUT2D eigenvalue weighted by molar-refractivity contribution is 9.10. The standard InChI is InChI=1S/C21H20BrNO/c1-16-5-4-6-17(13-16)15-24-21-8-3-2-7-18(21)14-23-20-11-9-19(22)10-12-20/h2-13,23H,14-15H2,1H3. The lowest BCUT2D eigenvalue weighted by molar-refractivity contribution is 0.303. The van der Waals surface area contributed by atoms with E-state index in [1.165, 1.54) is 11.1 Å². The predicted octanol–water partition coefficient (Wildman–Crippen LogP) is 5.95. The first-order valence-corrected chi connectivity index (χ1v) is 8.76. The summed E-state index contributed by atoms with van der Waals surface area (Å²) in [4.78, 5) is 0. The van der Waals surface area contributed by atoms with E-state index >= 15 is 0 Å². The first-order valence-electron chi connectivity index (χ1n) is 7.96. The van der Waals surface area contributed by atoms with E-state index in [1.807, 2.05) is 30.3 Å². The van der Waals surface area contributed by atoms with Gasteiger partial charge in [0, 0.05) is 22.3 Å². The SMILES string of the molecule is Cc1cccc(COc2ccccc2CNc2ccc(Br)cc2)c1. The van der Waals surface area contributed by atoms with Crippen LogP contribution in [0, 0.1) is 6.92 Å². The van der Waals surface area contributed by atoms with Crippen LogP contribution in [0.5, 0.6) is 5.75 Å². The second kappa shape index (κ2) is 8.02. The molecule has 0 bridgehead atoms. The van der Waals surface area contributed by atoms with Crippen LogP contribution in [0.4, 0.5) is 5.69 Å². The molecule has 0 atom stereocenters. The summed E-state index contributed by atoms with van der Waals surface area (Å²) in [6, 6.07) is 24.7. The average Bonchev–Trinajstić information content (AvgIpc) is 2.60. The molecule has 24 heavy (non-hydrogen) atoms. The van der Waals surface area contributed by atoms with Crippen LogP contribution >= 0.6 is 15.9 Å². The quantitative estimate of drug-likeness (QED) is 0.569. The lowest BCUT2D eigenvalue weighted by atomic mass is 10.1. The number of rotatable bonds is 6. The summed E-state index contributed by atoms with van der Waals surface area (Å²) in [7, 11) is 0. The van der Waals surface area contributed by atoms with Gasteiger partial charge in [-0.1, -0.05) is 64.0 Å². The zero-order valence-corrected chi connectivity index (χ0v) is 15.2. The molecule has 0 aliphatic rings. The van der Waals surface area contributed by atoms with Crippen LogP contribution in [0.25, 0.3) is 0 Å². The molecule has 0 aliphatic carbocycles. The van der Waals surface area contributed by atoms with E-state index in [2.05, 4.69) is 70.6 Å². The van der Waals surface area contributed by atoms with E-state index in [1.54, 1.807) is 0 Å². The molecule has 3 aromatic carbocycles. The largest absolute Gasteiger partial charge is 0.489 e. The molecule has 0 aromatic heterocycles. The van der Waals surface area contributed by atoms with Crippen LogP contribution in [-0.4, -0.2) is 0 Å². The number of ether oxygens (including phenoxy) is 1. The third-order valence-electron chi connectivity index (χ3n) is 3.78. The van der Waals surface area contributed by atoms with E-state index < -0.39 is 0 Å². The van der Waals surface area contributed by atoms with Crippen molar-refractivity contribution in [2.45, 2.75) is 20.1 Å². The summed E-state index contributed by atoms with van der Waals surface area (Å²) < 4.78 is 7.12. The van der Waals surface area contributed by atoms with Gasteiger partial charge in [0.2, 0.25) is 0 Å². The van der Waals surface area contributed by atoms with Crippen LogP contribution < -0.4 is 10.1 Å². The van der Waals surface area contributed by atoms with Gasteiger partial charge in [-0.05, 0) is 42.8 Å². The number of para-hydroxylation sites is 1. The molecule has 0 amide bonds. The summed E-state index contributed by atoms with van der Waals surface area (Å²) in [5.41, 5.74) is 4.67. The van der Waals surface area contributed by atoms with Crippen molar-refractivity contribution in [2.24, 2.45) is 0 Å². The van der Waals surface area contributed by atoms with E-state index in [0.717, 1.165) is 28.0 Å². The number of hydrogen-bond donors (Lipinski definition) is 1. The number of halogens is 1. The zero-order chi connectivity index (χ0) is 16.8. The minimum atomic E-state index is 0.580. The van der Waals surface area contributed by atoms with Gasteiger partial charge in [-0.3, -0.25) is 0 Å². The van der Waals surface area contributed by atoms with Crippen molar-refractivity contribution in [1.82, 2.24) is 0 Å². The summed E-state index contributed by atoms with van der Waals surface area (Å²) in [5, 5.41) is 3.44. The predicted molar refractivity (Wildman–Crippen MR) is 103 cm³/mol. The number of benzene rings is 3. The Morgan fingerprint density at radius 2 is 1.71 bits per heavy atom. The van der Waals surface area contributed by atoms with Gasteiger partial charge in [0.05, 0.1) is 0 Å².